The molecule has 2 rings (SSSR count). The van der Waals surface area contributed by atoms with Crippen LogP contribution in [0.1, 0.15) is 21.9 Å². The maximum absolute atomic E-state index is 11.0. The third-order valence-corrected chi connectivity index (χ3v) is 2.69. The molecule has 20 heavy (non-hydrogen) atoms. The van der Waals surface area contributed by atoms with Crippen molar-refractivity contribution in [3.8, 4) is 0 Å². The van der Waals surface area contributed by atoms with E-state index >= 15 is 0 Å². The van der Waals surface area contributed by atoms with E-state index in [9.17, 15) is 14.9 Å². The lowest BCUT2D eigenvalue weighted by Crippen LogP contribution is -2.04. The van der Waals surface area contributed by atoms with Crippen molar-refractivity contribution in [1.29, 1.82) is 0 Å². The van der Waals surface area contributed by atoms with Gasteiger partial charge in [0.25, 0.3) is 5.69 Å². The van der Waals surface area contributed by atoms with Crippen molar-refractivity contribution in [2.45, 2.75) is 13.5 Å². The van der Waals surface area contributed by atoms with Gasteiger partial charge in [0, 0.05) is 6.07 Å². The summed E-state index contributed by atoms with van der Waals surface area (Å²) in [6.45, 7) is 2.08. The van der Waals surface area contributed by atoms with Crippen LogP contribution in [0.2, 0.25) is 0 Å². The highest BCUT2D eigenvalue weighted by atomic mass is 16.6. The molecule has 2 aromatic rings. The highest BCUT2D eigenvalue weighted by Gasteiger charge is 2.17. The van der Waals surface area contributed by atoms with Crippen LogP contribution in [-0.2, 0) is 6.54 Å². The number of aromatic carboxylic acids is 1. The number of rotatable bonds is 5. The van der Waals surface area contributed by atoms with Gasteiger partial charge in [-0.2, -0.15) is 0 Å². The van der Waals surface area contributed by atoms with E-state index in [1.54, 1.807) is 19.1 Å². The molecule has 0 saturated heterocycles. The maximum Gasteiger partial charge on any atom is 0.335 e. The Morgan fingerprint density at radius 1 is 1.40 bits per heavy atom. The molecule has 1 heterocycles. The van der Waals surface area contributed by atoms with E-state index in [0.717, 1.165) is 11.8 Å². The number of nitrogens with zero attached hydrogens (tertiary/aromatic N) is 1. The van der Waals surface area contributed by atoms with Crippen molar-refractivity contribution < 1.29 is 19.2 Å². The summed E-state index contributed by atoms with van der Waals surface area (Å²) in [7, 11) is 0. The number of carboxylic acid groups (broad SMARTS) is 1. The second-order valence-electron chi connectivity index (χ2n) is 4.16. The smallest absolute Gasteiger partial charge is 0.335 e. The number of hydrogen-bond donors (Lipinski definition) is 2. The number of carboxylic acids is 1. The molecule has 0 spiro atoms. The summed E-state index contributed by atoms with van der Waals surface area (Å²) in [6, 6.07) is 7.26. The molecule has 0 aliphatic heterocycles. The molecule has 7 heteroatoms. The van der Waals surface area contributed by atoms with Gasteiger partial charge in [-0.15, -0.1) is 0 Å². The summed E-state index contributed by atoms with van der Waals surface area (Å²) in [5.41, 5.74) is -0.168. The zero-order valence-corrected chi connectivity index (χ0v) is 10.6. The van der Waals surface area contributed by atoms with Crippen LogP contribution in [0, 0.1) is 17.0 Å². The van der Waals surface area contributed by atoms with E-state index in [4.69, 9.17) is 9.52 Å². The normalized spacial score (nSPS) is 10.2. The molecular formula is C13H12N2O5. The van der Waals surface area contributed by atoms with Crippen LogP contribution in [0.15, 0.2) is 34.7 Å². The molecule has 0 radical (unpaired) electrons. The highest BCUT2D eigenvalue weighted by molar-refractivity contribution is 5.89. The third-order valence-electron chi connectivity index (χ3n) is 2.69. The number of nitrogens with one attached hydrogen (secondary N) is 1. The number of carbonyl (C=O) groups is 1. The lowest BCUT2D eigenvalue weighted by molar-refractivity contribution is -0.384. The summed E-state index contributed by atoms with van der Waals surface area (Å²) in [5.74, 6) is 0.179. The van der Waals surface area contributed by atoms with E-state index in [1.807, 2.05) is 0 Å². The Morgan fingerprint density at radius 3 is 2.70 bits per heavy atom. The van der Waals surface area contributed by atoms with E-state index in [0.29, 0.717) is 5.76 Å². The monoisotopic (exact) mass is 276 g/mol. The molecule has 0 saturated carbocycles. The van der Waals surface area contributed by atoms with Crippen molar-refractivity contribution in [1.82, 2.24) is 0 Å². The number of nitro benzene ring substituents is 1. The minimum absolute atomic E-state index is 0.129. The molecule has 0 bridgehead atoms. The number of furan rings is 1. The van der Waals surface area contributed by atoms with Crippen LogP contribution >= 0.6 is 0 Å². The summed E-state index contributed by atoms with van der Waals surface area (Å²) in [6.07, 6.45) is 0. The van der Waals surface area contributed by atoms with Crippen molar-refractivity contribution in [3.05, 3.63) is 57.5 Å². The maximum atomic E-state index is 11.0. The Labute approximate surface area is 114 Å². The Kier molecular flexibility index (Phi) is 3.69. The molecule has 2 N–H and O–H groups in total. The molecule has 0 aliphatic carbocycles. The van der Waals surface area contributed by atoms with E-state index in [-0.39, 0.29) is 23.5 Å². The fourth-order valence-corrected chi connectivity index (χ4v) is 1.73. The summed E-state index contributed by atoms with van der Waals surface area (Å²) in [4.78, 5) is 21.1. The van der Waals surface area contributed by atoms with Crippen LogP contribution in [0.3, 0.4) is 0 Å². The highest BCUT2D eigenvalue weighted by Crippen LogP contribution is 2.26. The van der Waals surface area contributed by atoms with E-state index in [1.165, 1.54) is 12.1 Å². The number of nitro groups is 1. The zero-order valence-electron chi connectivity index (χ0n) is 10.6. The first-order valence-corrected chi connectivity index (χ1v) is 5.78. The Balaban J connectivity index is 2.22. The predicted molar refractivity (Wildman–Crippen MR) is 70.8 cm³/mol. The van der Waals surface area contributed by atoms with Crippen molar-refractivity contribution in [3.63, 3.8) is 0 Å². The number of aryl methyl sites for hydroxylation is 1. The second kappa shape index (κ2) is 5.43. The van der Waals surface area contributed by atoms with Gasteiger partial charge in [-0.3, -0.25) is 10.1 Å². The Bertz CT molecular complexity index is 663. The third kappa shape index (κ3) is 2.94. The van der Waals surface area contributed by atoms with E-state index < -0.39 is 10.9 Å². The Morgan fingerprint density at radius 2 is 2.15 bits per heavy atom. The minimum atomic E-state index is -1.21. The van der Waals surface area contributed by atoms with E-state index in [2.05, 4.69) is 5.32 Å². The van der Waals surface area contributed by atoms with Gasteiger partial charge in [0.15, 0.2) is 0 Å². The molecule has 0 amide bonds. The summed E-state index contributed by atoms with van der Waals surface area (Å²) in [5, 5.41) is 22.7. The summed E-state index contributed by atoms with van der Waals surface area (Å²) >= 11 is 0. The molecule has 7 nitrogen and oxygen atoms in total. The standard InChI is InChI=1S/C13H12N2O5/c1-8-2-4-10(20-8)7-14-11-5-3-9(13(16)17)6-12(11)15(18)19/h2-6,14H,7H2,1H3,(H,16,17). The second-order valence-corrected chi connectivity index (χ2v) is 4.16. The molecule has 0 atom stereocenters. The number of hydrogen-bond acceptors (Lipinski definition) is 5. The first kappa shape index (κ1) is 13.6. The van der Waals surface area contributed by atoms with Crippen molar-refractivity contribution in [2.75, 3.05) is 5.32 Å². The van der Waals surface area contributed by atoms with Gasteiger partial charge < -0.3 is 14.8 Å². The zero-order chi connectivity index (χ0) is 14.7. The van der Waals surface area contributed by atoms with Crippen LogP contribution in [-0.4, -0.2) is 16.0 Å². The van der Waals surface area contributed by atoms with Gasteiger partial charge in [-0.25, -0.2) is 4.79 Å². The fourth-order valence-electron chi connectivity index (χ4n) is 1.73. The van der Waals surface area contributed by atoms with Crippen molar-refractivity contribution in [2.24, 2.45) is 0 Å². The number of anilines is 1. The quantitative estimate of drug-likeness (QED) is 0.642. The SMILES string of the molecule is Cc1ccc(CNc2ccc(C(=O)O)cc2[N+](=O)[O-])o1. The molecule has 104 valence electrons. The average Bonchev–Trinajstić information content (AvgIpc) is 2.81. The molecule has 0 aliphatic rings. The topological polar surface area (TPSA) is 106 Å². The predicted octanol–water partition coefficient (Wildman–Crippen LogP) is 2.81. The average molecular weight is 276 g/mol. The molecular weight excluding hydrogens is 264 g/mol. The Hall–Kier alpha value is -2.83. The molecule has 0 unspecified atom stereocenters. The lowest BCUT2D eigenvalue weighted by Gasteiger charge is -2.06. The van der Waals surface area contributed by atoms with Gasteiger partial charge in [-0.1, -0.05) is 0 Å². The number of benzene rings is 1. The minimum Gasteiger partial charge on any atom is -0.478 e. The van der Waals surface area contributed by atoms with Crippen LogP contribution in [0.25, 0.3) is 0 Å². The first-order chi connectivity index (χ1) is 9.47. The summed E-state index contributed by atoms with van der Waals surface area (Å²) < 4.78 is 5.34. The largest absolute Gasteiger partial charge is 0.478 e. The fraction of sp³-hybridized carbons (Fsp3) is 0.154. The molecule has 1 aromatic carbocycles. The van der Waals surface area contributed by atoms with Crippen LogP contribution in [0.5, 0.6) is 0 Å². The van der Waals surface area contributed by atoms with Gasteiger partial charge in [0.05, 0.1) is 17.0 Å². The molecule has 1 aromatic heterocycles. The van der Waals surface area contributed by atoms with Crippen LogP contribution < -0.4 is 5.32 Å². The lowest BCUT2D eigenvalue weighted by atomic mass is 10.1. The van der Waals surface area contributed by atoms with Gasteiger partial charge in [-0.05, 0) is 31.2 Å². The van der Waals surface area contributed by atoms with Crippen LogP contribution in [0.4, 0.5) is 11.4 Å². The van der Waals surface area contributed by atoms with Gasteiger partial charge in [0.1, 0.15) is 17.2 Å². The van der Waals surface area contributed by atoms with Gasteiger partial charge in [0.2, 0.25) is 0 Å². The van der Waals surface area contributed by atoms with Gasteiger partial charge >= 0.3 is 5.97 Å². The first-order valence-electron chi connectivity index (χ1n) is 5.78. The van der Waals surface area contributed by atoms with Crippen molar-refractivity contribution >= 4 is 17.3 Å². The molecule has 0 fully saturated rings.